The molecule has 2 heteroatoms. The van der Waals surface area contributed by atoms with Crippen LogP contribution in [0.3, 0.4) is 0 Å². The molecular weight excluding hydrogens is 345 g/mol. The van der Waals surface area contributed by atoms with Crippen LogP contribution in [-0.2, 0) is 18.5 Å². The van der Waals surface area contributed by atoms with Crippen molar-refractivity contribution >= 4 is 0 Å². The molecule has 0 spiro atoms. The largest absolute Gasteiger partial charge is 0.303 e. The summed E-state index contributed by atoms with van der Waals surface area (Å²) in [6.07, 6.45) is 11.1. The Labute approximate surface area is 169 Å². The van der Waals surface area contributed by atoms with E-state index in [0.717, 1.165) is 36.8 Å². The van der Waals surface area contributed by atoms with Crippen LogP contribution in [-0.4, -0.2) is 0 Å². The molecule has 2 aromatic carbocycles. The summed E-state index contributed by atoms with van der Waals surface area (Å²) in [6.45, 7) is 3.20. The molecule has 0 heterocycles. The Morgan fingerprint density at radius 3 is 2.39 bits per heavy atom. The molecule has 2 saturated carbocycles. The van der Waals surface area contributed by atoms with Crippen molar-refractivity contribution in [3.05, 3.63) is 71.0 Å². The van der Waals surface area contributed by atoms with E-state index < -0.39 is 0 Å². The first-order valence-corrected chi connectivity index (χ1v) is 11.2. The molecule has 1 N–H and O–H groups in total. The summed E-state index contributed by atoms with van der Waals surface area (Å²) in [5.41, 5.74) is 3.43. The van der Waals surface area contributed by atoms with Gasteiger partial charge in [-0.05, 0) is 61.1 Å². The summed E-state index contributed by atoms with van der Waals surface area (Å²) >= 11 is 0. The lowest BCUT2D eigenvalue weighted by molar-refractivity contribution is 0.289. The zero-order valence-corrected chi connectivity index (χ0v) is 17.2. The number of hydrogen-bond donors (Lipinski definition) is 1. The van der Waals surface area contributed by atoms with Crippen molar-refractivity contribution < 1.29 is 4.39 Å². The second kappa shape index (κ2) is 8.78. The summed E-state index contributed by atoms with van der Waals surface area (Å²) in [7, 11) is 0. The molecular formula is C26H34FN. The average molecular weight is 380 g/mol. The molecule has 0 atom stereocenters. The molecule has 0 radical (unpaired) electrons. The fraction of sp³-hybridized carbons (Fsp3) is 0.538. The van der Waals surface area contributed by atoms with E-state index in [4.69, 9.17) is 0 Å². The predicted molar refractivity (Wildman–Crippen MR) is 115 cm³/mol. The molecule has 0 amide bonds. The second-order valence-corrected chi connectivity index (χ2v) is 9.27. The summed E-state index contributed by atoms with van der Waals surface area (Å²) in [5, 5.41) is 3.77. The molecule has 2 fully saturated rings. The molecule has 0 saturated heterocycles. The van der Waals surface area contributed by atoms with Crippen molar-refractivity contribution in [1.82, 2.24) is 5.32 Å². The molecule has 0 bridgehead atoms. The fourth-order valence-electron chi connectivity index (χ4n) is 5.37. The summed E-state index contributed by atoms with van der Waals surface area (Å²) in [5.74, 6) is 1.68. The lowest BCUT2D eigenvalue weighted by atomic mass is 9.80. The lowest BCUT2D eigenvalue weighted by Crippen LogP contribution is -2.40. The number of benzene rings is 2. The van der Waals surface area contributed by atoms with Gasteiger partial charge in [0.2, 0.25) is 0 Å². The van der Waals surface area contributed by atoms with Crippen LogP contribution in [0.25, 0.3) is 0 Å². The summed E-state index contributed by atoms with van der Waals surface area (Å²) in [6, 6.07) is 16.4. The standard InChI is InChI=1S/C26H34FN/c1-20-11-13-21(14-12-20)17-22-7-6-8-23(18-22)19-28-26(15-4-5-16-26)24-9-2-3-10-25(24)27/h2-3,6-10,18,20-21,28H,4-5,11-17,19H2,1H3. The third-order valence-electron chi connectivity index (χ3n) is 7.13. The van der Waals surface area contributed by atoms with Crippen LogP contribution in [0.4, 0.5) is 4.39 Å². The van der Waals surface area contributed by atoms with Gasteiger partial charge in [-0.25, -0.2) is 4.39 Å². The molecule has 2 aliphatic rings. The van der Waals surface area contributed by atoms with Crippen LogP contribution < -0.4 is 5.32 Å². The van der Waals surface area contributed by atoms with Gasteiger partial charge < -0.3 is 5.32 Å². The Hall–Kier alpha value is -1.67. The fourth-order valence-corrected chi connectivity index (χ4v) is 5.37. The smallest absolute Gasteiger partial charge is 0.128 e. The van der Waals surface area contributed by atoms with Gasteiger partial charge in [-0.3, -0.25) is 0 Å². The number of halogens is 1. The average Bonchev–Trinajstić information content (AvgIpc) is 3.19. The molecule has 2 aromatic rings. The van der Waals surface area contributed by atoms with Crippen molar-refractivity contribution in [1.29, 1.82) is 0 Å². The highest BCUT2D eigenvalue weighted by Gasteiger charge is 2.36. The van der Waals surface area contributed by atoms with Crippen LogP contribution >= 0.6 is 0 Å². The van der Waals surface area contributed by atoms with Crippen molar-refractivity contribution in [2.75, 3.05) is 0 Å². The molecule has 0 unspecified atom stereocenters. The number of hydrogen-bond acceptors (Lipinski definition) is 1. The predicted octanol–water partition coefficient (Wildman–Crippen LogP) is 6.75. The first kappa shape index (κ1) is 19.6. The van der Waals surface area contributed by atoms with Gasteiger partial charge in [0, 0.05) is 17.6 Å². The molecule has 1 nitrogen and oxygen atoms in total. The van der Waals surface area contributed by atoms with Crippen molar-refractivity contribution in [2.45, 2.75) is 76.8 Å². The lowest BCUT2D eigenvalue weighted by Gasteiger charge is -2.32. The van der Waals surface area contributed by atoms with Crippen LogP contribution in [0.5, 0.6) is 0 Å². The third kappa shape index (κ3) is 4.49. The van der Waals surface area contributed by atoms with E-state index in [1.807, 2.05) is 12.1 Å². The van der Waals surface area contributed by atoms with Crippen LogP contribution in [0.2, 0.25) is 0 Å². The Balaban J connectivity index is 1.43. The topological polar surface area (TPSA) is 12.0 Å². The molecule has 4 rings (SSSR count). The zero-order chi connectivity index (χ0) is 19.4. The highest BCUT2D eigenvalue weighted by molar-refractivity contribution is 5.29. The third-order valence-corrected chi connectivity index (χ3v) is 7.13. The summed E-state index contributed by atoms with van der Waals surface area (Å²) in [4.78, 5) is 0. The normalized spacial score (nSPS) is 24.4. The van der Waals surface area contributed by atoms with Gasteiger partial charge >= 0.3 is 0 Å². The van der Waals surface area contributed by atoms with E-state index in [0.29, 0.717) is 0 Å². The van der Waals surface area contributed by atoms with Gasteiger partial charge in [-0.2, -0.15) is 0 Å². The zero-order valence-electron chi connectivity index (χ0n) is 17.2. The monoisotopic (exact) mass is 379 g/mol. The second-order valence-electron chi connectivity index (χ2n) is 9.27. The van der Waals surface area contributed by atoms with Crippen LogP contribution in [0.1, 0.15) is 75.0 Å². The van der Waals surface area contributed by atoms with Gasteiger partial charge in [0.15, 0.2) is 0 Å². The van der Waals surface area contributed by atoms with Crippen molar-refractivity contribution in [3.63, 3.8) is 0 Å². The van der Waals surface area contributed by atoms with E-state index in [1.165, 1.54) is 56.1 Å². The van der Waals surface area contributed by atoms with E-state index in [1.54, 1.807) is 12.1 Å². The maximum absolute atomic E-state index is 14.5. The Morgan fingerprint density at radius 2 is 1.64 bits per heavy atom. The SMILES string of the molecule is CC1CCC(Cc2cccc(CNC3(c4ccccc4F)CCCC3)c2)CC1. The Kier molecular flexibility index (Phi) is 6.16. The highest BCUT2D eigenvalue weighted by atomic mass is 19.1. The summed E-state index contributed by atoms with van der Waals surface area (Å²) < 4.78 is 14.5. The van der Waals surface area contributed by atoms with E-state index in [2.05, 4.69) is 36.5 Å². The first-order valence-electron chi connectivity index (χ1n) is 11.2. The number of rotatable bonds is 6. The van der Waals surface area contributed by atoms with Gasteiger partial charge in [0.1, 0.15) is 5.82 Å². The molecule has 2 aliphatic carbocycles. The molecule has 0 aliphatic heterocycles. The van der Waals surface area contributed by atoms with E-state index in [-0.39, 0.29) is 11.4 Å². The minimum atomic E-state index is -0.207. The van der Waals surface area contributed by atoms with Gasteiger partial charge in [0.05, 0.1) is 0 Å². The van der Waals surface area contributed by atoms with Crippen molar-refractivity contribution in [3.8, 4) is 0 Å². The maximum atomic E-state index is 14.5. The minimum Gasteiger partial charge on any atom is -0.303 e. The number of nitrogens with one attached hydrogen (secondary N) is 1. The molecule has 150 valence electrons. The van der Waals surface area contributed by atoms with E-state index >= 15 is 0 Å². The van der Waals surface area contributed by atoms with Gasteiger partial charge in [-0.1, -0.05) is 75.1 Å². The maximum Gasteiger partial charge on any atom is 0.128 e. The quantitative estimate of drug-likeness (QED) is 0.585. The van der Waals surface area contributed by atoms with Crippen molar-refractivity contribution in [2.24, 2.45) is 11.8 Å². The molecule has 0 aromatic heterocycles. The van der Waals surface area contributed by atoms with Gasteiger partial charge in [-0.15, -0.1) is 0 Å². The van der Waals surface area contributed by atoms with Crippen LogP contribution in [0.15, 0.2) is 48.5 Å². The highest BCUT2D eigenvalue weighted by Crippen LogP contribution is 2.40. The van der Waals surface area contributed by atoms with E-state index in [9.17, 15) is 4.39 Å². The Bertz CT molecular complexity index is 770. The first-order chi connectivity index (χ1) is 13.6. The minimum absolute atomic E-state index is 0.0721. The Morgan fingerprint density at radius 1 is 0.929 bits per heavy atom. The van der Waals surface area contributed by atoms with Gasteiger partial charge in [0.25, 0.3) is 0 Å². The molecule has 28 heavy (non-hydrogen) atoms. The van der Waals surface area contributed by atoms with Crippen LogP contribution in [0, 0.1) is 17.7 Å².